The number of carbonyl (C=O) groups is 1. The third-order valence-corrected chi connectivity index (χ3v) is 3.14. The predicted molar refractivity (Wildman–Crippen MR) is 76.4 cm³/mol. The minimum absolute atomic E-state index is 0.136. The fourth-order valence-electron chi connectivity index (χ4n) is 2.12. The Morgan fingerprint density at radius 3 is 3.00 bits per heavy atom. The van der Waals surface area contributed by atoms with Gasteiger partial charge in [-0.15, -0.1) is 6.42 Å². The molecule has 4 nitrogen and oxygen atoms in total. The summed E-state index contributed by atoms with van der Waals surface area (Å²) in [5.74, 6) is 2.30. The van der Waals surface area contributed by atoms with Crippen LogP contribution in [-0.4, -0.2) is 35.4 Å². The van der Waals surface area contributed by atoms with E-state index in [1.807, 2.05) is 30.5 Å². The highest BCUT2D eigenvalue weighted by molar-refractivity contribution is 5.86. The molecule has 0 saturated heterocycles. The van der Waals surface area contributed by atoms with Crippen molar-refractivity contribution in [2.45, 2.75) is 12.5 Å². The summed E-state index contributed by atoms with van der Waals surface area (Å²) in [4.78, 5) is 16.6. The number of aromatic nitrogens is 1. The highest BCUT2D eigenvalue weighted by atomic mass is 16.2. The zero-order valence-electron chi connectivity index (χ0n) is 10.9. The molecular weight excluding hydrogens is 238 g/mol. The summed E-state index contributed by atoms with van der Waals surface area (Å²) in [5.41, 5.74) is 8.05. The highest BCUT2D eigenvalue weighted by Crippen LogP contribution is 2.18. The molecule has 2 rings (SSSR count). The first-order valence-corrected chi connectivity index (χ1v) is 6.12. The summed E-state index contributed by atoms with van der Waals surface area (Å²) in [7, 11) is 1.66. The van der Waals surface area contributed by atoms with Crippen molar-refractivity contribution in [1.82, 2.24) is 9.88 Å². The number of para-hydroxylation sites is 1. The van der Waals surface area contributed by atoms with Gasteiger partial charge >= 0.3 is 0 Å². The molecular formula is C15H17N3O. The van der Waals surface area contributed by atoms with Gasteiger partial charge in [-0.3, -0.25) is 4.79 Å². The van der Waals surface area contributed by atoms with Crippen molar-refractivity contribution in [2.24, 2.45) is 5.73 Å². The molecule has 2 aromatic rings. The number of nitrogens with one attached hydrogen (secondary N) is 1. The third kappa shape index (κ3) is 2.78. The van der Waals surface area contributed by atoms with Gasteiger partial charge in [0.05, 0.1) is 12.6 Å². The Balaban J connectivity index is 2.13. The van der Waals surface area contributed by atoms with Crippen molar-refractivity contribution in [3.8, 4) is 12.3 Å². The van der Waals surface area contributed by atoms with Gasteiger partial charge in [-0.1, -0.05) is 24.1 Å². The molecule has 19 heavy (non-hydrogen) atoms. The third-order valence-electron chi connectivity index (χ3n) is 3.14. The SMILES string of the molecule is C#CCN(C)C(=O)[C@@H](N)Cc1c[nH]c2ccccc12. The average molecular weight is 255 g/mol. The van der Waals surface area contributed by atoms with Gasteiger partial charge in [0, 0.05) is 24.1 Å². The molecule has 0 bridgehead atoms. The summed E-state index contributed by atoms with van der Waals surface area (Å²) < 4.78 is 0. The zero-order valence-corrected chi connectivity index (χ0v) is 10.9. The Morgan fingerprint density at radius 2 is 2.26 bits per heavy atom. The zero-order chi connectivity index (χ0) is 13.8. The maximum Gasteiger partial charge on any atom is 0.240 e. The fraction of sp³-hybridized carbons (Fsp3) is 0.267. The van der Waals surface area contributed by atoms with Gasteiger partial charge in [0.25, 0.3) is 0 Å². The number of aromatic amines is 1. The molecule has 0 spiro atoms. The smallest absolute Gasteiger partial charge is 0.240 e. The summed E-state index contributed by atoms with van der Waals surface area (Å²) in [5, 5.41) is 1.10. The first-order valence-electron chi connectivity index (χ1n) is 6.12. The van der Waals surface area contributed by atoms with Crippen LogP contribution in [0.15, 0.2) is 30.5 Å². The monoisotopic (exact) mass is 255 g/mol. The van der Waals surface area contributed by atoms with Gasteiger partial charge in [0.1, 0.15) is 0 Å². The van der Waals surface area contributed by atoms with E-state index in [9.17, 15) is 4.79 Å². The number of fused-ring (bicyclic) bond motifs is 1. The van der Waals surface area contributed by atoms with Crippen LogP contribution >= 0.6 is 0 Å². The van der Waals surface area contributed by atoms with Crippen molar-refractivity contribution in [3.05, 3.63) is 36.0 Å². The molecule has 0 aliphatic heterocycles. The molecule has 0 unspecified atom stereocenters. The van der Waals surface area contributed by atoms with Crippen LogP contribution in [0.5, 0.6) is 0 Å². The lowest BCUT2D eigenvalue weighted by Crippen LogP contribution is -2.43. The lowest BCUT2D eigenvalue weighted by molar-refractivity contribution is -0.130. The van der Waals surface area contributed by atoms with Crippen molar-refractivity contribution in [3.63, 3.8) is 0 Å². The molecule has 98 valence electrons. The second kappa shape index (κ2) is 5.59. The number of amides is 1. The quantitative estimate of drug-likeness (QED) is 0.804. The number of likely N-dealkylation sites (N-methyl/N-ethyl adjacent to an activating group) is 1. The maximum atomic E-state index is 12.0. The van der Waals surface area contributed by atoms with Crippen LogP contribution in [-0.2, 0) is 11.2 Å². The van der Waals surface area contributed by atoms with Gasteiger partial charge in [-0.2, -0.15) is 0 Å². The molecule has 1 atom stereocenters. The van der Waals surface area contributed by atoms with Crippen LogP contribution in [0.1, 0.15) is 5.56 Å². The molecule has 3 N–H and O–H groups in total. The Bertz CT molecular complexity index is 624. The van der Waals surface area contributed by atoms with Crippen LogP contribution < -0.4 is 5.73 Å². The lowest BCUT2D eigenvalue weighted by Gasteiger charge is -2.18. The van der Waals surface area contributed by atoms with Crippen molar-refractivity contribution < 1.29 is 4.79 Å². The minimum Gasteiger partial charge on any atom is -0.361 e. The van der Waals surface area contributed by atoms with Crippen LogP contribution in [0.3, 0.4) is 0 Å². The number of nitrogens with two attached hydrogens (primary N) is 1. The van der Waals surface area contributed by atoms with E-state index in [4.69, 9.17) is 12.2 Å². The fourth-order valence-corrected chi connectivity index (χ4v) is 2.12. The van der Waals surface area contributed by atoms with Gasteiger partial charge in [0.15, 0.2) is 0 Å². The number of rotatable bonds is 4. The van der Waals surface area contributed by atoms with E-state index in [1.54, 1.807) is 7.05 Å². The second-order valence-electron chi connectivity index (χ2n) is 4.57. The Hall–Kier alpha value is -2.25. The van der Waals surface area contributed by atoms with E-state index in [1.165, 1.54) is 4.90 Å². The van der Waals surface area contributed by atoms with Gasteiger partial charge in [-0.25, -0.2) is 0 Å². The normalized spacial score (nSPS) is 12.1. The molecule has 0 aliphatic rings. The molecule has 0 fully saturated rings. The molecule has 1 amide bonds. The average Bonchev–Trinajstić information content (AvgIpc) is 2.81. The van der Waals surface area contributed by atoms with Gasteiger partial charge in [-0.05, 0) is 18.1 Å². The first-order chi connectivity index (χ1) is 9.13. The van der Waals surface area contributed by atoms with Crippen LogP contribution in [0, 0.1) is 12.3 Å². The minimum atomic E-state index is -0.572. The van der Waals surface area contributed by atoms with E-state index in [0.717, 1.165) is 16.5 Å². The van der Waals surface area contributed by atoms with Gasteiger partial charge < -0.3 is 15.6 Å². The van der Waals surface area contributed by atoms with E-state index in [2.05, 4.69) is 10.9 Å². The van der Waals surface area contributed by atoms with E-state index in [-0.39, 0.29) is 12.5 Å². The Labute approximate surface area is 112 Å². The van der Waals surface area contributed by atoms with Crippen LogP contribution in [0.4, 0.5) is 0 Å². The molecule has 0 aliphatic carbocycles. The summed E-state index contributed by atoms with van der Waals surface area (Å²) in [6.45, 7) is 0.278. The number of H-pyrrole nitrogens is 1. The molecule has 0 saturated carbocycles. The number of hydrogen-bond donors (Lipinski definition) is 2. The van der Waals surface area contributed by atoms with Gasteiger partial charge in [0.2, 0.25) is 5.91 Å². The van der Waals surface area contributed by atoms with Crippen LogP contribution in [0.2, 0.25) is 0 Å². The predicted octanol–water partition coefficient (Wildman–Crippen LogP) is 1.13. The van der Waals surface area contributed by atoms with Crippen molar-refractivity contribution in [1.29, 1.82) is 0 Å². The molecule has 4 heteroatoms. The number of terminal acetylenes is 1. The van der Waals surface area contributed by atoms with E-state index >= 15 is 0 Å². The largest absolute Gasteiger partial charge is 0.361 e. The Morgan fingerprint density at radius 1 is 1.53 bits per heavy atom. The van der Waals surface area contributed by atoms with E-state index < -0.39 is 6.04 Å². The number of benzene rings is 1. The second-order valence-corrected chi connectivity index (χ2v) is 4.57. The molecule has 0 radical (unpaired) electrons. The number of nitrogens with zero attached hydrogens (tertiary/aromatic N) is 1. The number of carbonyl (C=O) groups excluding carboxylic acids is 1. The summed E-state index contributed by atoms with van der Waals surface area (Å²) in [6, 6.07) is 7.38. The standard InChI is InChI=1S/C15H17N3O/c1-3-8-18(2)15(19)13(16)9-11-10-17-14-7-5-4-6-12(11)14/h1,4-7,10,13,17H,8-9,16H2,2H3/t13-/m0/s1. The highest BCUT2D eigenvalue weighted by Gasteiger charge is 2.19. The van der Waals surface area contributed by atoms with E-state index in [0.29, 0.717) is 6.42 Å². The lowest BCUT2D eigenvalue weighted by atomic mass is 10.0. The first kappa shape index (κ1) is 13.2. The topological polar surface area (TPSA) is 62.1 Å². The van der Waals surface area contributed by atoms with Crippen molar-refractivity contribution in [2.75, 3.05) is 13.6 Å². The summed E-state index contributed by atoms with van der Waals surface area (Å²) >= 11 is 0. The molecule has 1 aromatic carbocycles. The number of hydrogen-bond acceptors (Lipinski definition) is 2. The van der Waals surface area contributed by atoms with Crippen LogP contribution in [0.25, 0.3) is 10.9 Å². The molecule has 1 heterocycles. The molecule has 1 aromatic heterocycles. The Kier molecular flexibility index (Phi) is 3.88. The summed E-state index contributed by atoms with van der Waals surface area (Å²) in [6.07, 6.45) is 7.59. The maximum absolute atomic E-state index is 12.0. The van der Waals surface area contributed by atoms with Crippen molar-refractivity contribution >= 4 is 16.8 Å².